The van der Waals surface area contributed by atoms with Crippen LogP contribution in [0.2, 0.25) is 10.2 Å². The Balaban J connectivity index is 0.00000208. The molecule has 0 aliphatic heterocycles. The molecule has 1 saturated carbocycles. The Hall–Kier alpha value is -1.20. The first-order valence-electron chi connectivity index (χ1n) is 7.54. The van der Waals surface area contributed by atoms with Gasteiger partial charge < -0.3 is 15.6 Å². The van der Waals surface area contributed by atoms with Gasteiger partial charge in [0.2, 0.25) is 0 Å². The predicted octanol–water partition coefficient (Wildman–Crippen LogP) is 3.54. The number of carbonyl (C=O) groups is 1. The van der Waals surface area contributed by atoms with E-state index >= 15 is 0 Å². The summed E-state index contributed by atoms with van der Waals surface area (Å²) in [4.78, 5) is 12.4. The summed E-state index contributed by atoms with van der Waals surface area (Å²) in [7, 11) is 1.72. The third-order valence-electron chi connectivity index (χ3n) is 4.74. The number of halogens is 3. The lowest BCUT2D eigenvalue weighted by Gasteiger charge is -2.47. The zero-order valence-electron chi connectivity index (χ0n) is 13.3. The van der Waals surface area contributed by atoms with Gasteiger partial charge in [0, 0.05) is 25.0 Å². The normalized spacial score (nSPS) is 22.4. The van der Waals surface area contributed by atoms with E-state index in [1.807, 2.05) is 18.2 Å². The van der Waals surface area contributed by atoms with Gasteiger partial charge in [-0.15, -0.1) is 12.4 Å². The number of hydrogen-bond donors (Lipinski definition) is 2. The third kappa shape index (κ3) is 3.29. The number of rotatable bonds is 4. The Bertz CT molecular complexity index is 724. The van der Waals surface area contributed by atoms with Crippen molar-refractivity contribution in [2.75, 3.05) is 6.54 Å². The number of amides is 1. The van der Waals surface area contributed by atoms with Crippen LogP contribution in [-0.2, 0) is 12.5 Å². The molecule has 1 heterocycles. The van der Waals surface area contributed by atoms with Crippen LogP contribution in [0.3, 0.4) is 0 Å². The van der Waals surface area contributed by atoms with Gasteiger partial charge in [0.25, 0.3) is 5.91 Å². The number of nitrogens with zero attached hydrogens (tertiary/aromatic N) is 1. The molecule has 130 valence electrons. The van der Waals surface area contributed by atoms with E-state index in [0.29, 0.717) is 22.4 Å². The molecular formula is C17H20Cl3N3O. The molecule has 1 aromatic heterocycles. The summed E-state index contributed by atoms with van der Waals surface area (Å²) in [5.41, 5.74) is 7.66. The number of hydrogen-bond acceptors (Lipinski definition) is 2. The van der Waals surface area contributed by atoms with E-state index in [-0.39, 0.29) is 29.8 Å². The Labute approximate surface area is 157 Å². The maximum atomic E-state index is 12.4. The van der Waals surface area contributed by atoms with Crippen LogP contribution in [0.15, 0.2) is 36.4 Å². The minimum Gasteiger partial charge on any atom is -0.348 e. The van der Waals surface area contributed by atoms with Crippen LogP contribution < -0.4 is 11.1 Å². The van der Waals surface area contributed by atoms with Crippen molar-refractivity contribution in [1.29, 1.82) is 0 Å². The van der Waals surface area contributed by atoms with Crippen LogP contribution in [-0.4, -0.2) is 23.1 Å². The van der Waals surface area contributed by atoms with Crippen LogP contribution in [0.1, 0.15) is 28.9 Å². The highest BCUT2D eigenvalue weighted by Crippen LogP contribution is 2.43. The lowest BCUT2D eigenvalue weighted by molar-refractivity contribution is 0.0858. The lowest BCUT2D eigenvalue weighted by atomic mass is 9.61. The molecule has 4 nitrogen and oxygen atoms in total. The Kier molecular flexibility index (Phi) is 5.87. The highest BCUT2D eigenvalue weighted by molar-refractivity contribution is 6.41. The molecule has 1 fully saturated rings. The smallest absolute Gasteiger partial charge is 0.268 e. The van der Waals surface area contributed by atoms with E-state index in [4.69, 9.17) is 28.9 Å². The van der Waals surface area contributed by atoms with Gasteiger partial charge >= 0.3 is 0 Å². The minimum absolute atomic E-state index is 0. The first-order chi connectivity index (χ1) is 11.0. The van der Waals surface area contributed by atoms with E-state index in [1.165, 1.54) is 5.56 Å². The molecule has 0 atom stereocenters. The first kappa shape index (κ1) is 19.1. The number of nitrogens with one attached hydrogen (secondary N) is 1. The van der Waals surface area contributed by atoms with Crippen molar-refractivity contribution in [3.8, 4) is 0 Å². The summed E-state index contributed by atoms with van der Waals surface area (Å²) in [5, 5.41) is 3.79. The average molecular weight is 389 g/mol. The standard InChI is InChI=1S/C17H19Cl2N3O.ClH/c1-22-14(7-13(18)15(22)19)16(23)21-12-8-17(9-12,10-20)11-5-3-2-4-6-11;/h2-7,12H,8-10,20H2,1H3,(H,21,23);1H. The third-order valence-corrected chi connectivity index (χ3v) is 5.58. The van der Waals surface area contributed by atoms with Gasteiger partial charge in [-0.05, 0) is 24.5 Å². The molecule has 1 amide bonds. The number of aromatic nitrogens is 1. The average Bonchev–Trinajstić information content (AvgIpc) is 2.79. The molecule has 3 rings (SSSR count). The van der Waals surface area contributed by atoms with Gasteiger partial charge in [-0.3, -0.25) is 4.79 Å². The second-order valence-corrected chi connectivity index (χ2v) is 6.92. The highest BCUT2D eigenvalue weighted by Gasteiger charge is 2.45. The molecule has 1 aliphatic carbocycles. The topological polar surface area (TPSA) is 60.0 Å². The molecule has 24 heavy (non-hydrogen) atoms. The van der Waals surface area contributed by atoms with Gasteiger partial charge in [-0.2, -0.15) is 0 Å². The van der Waals surface area contributed by atoms with Crippen LogP contribution in [0, 0.1) is 0 Å². The van der Waals surface area contributed by atoms with Gasteiger partial charge in [0.1, 0.15) is 10.8 Å². The van der Waals surface area contributed by atoms with Gasteiger partial charge in [-0.1, -0.05) is 53.5 Å². The summed E-state index contributed by atoms with van der Waals surface area (Å²) in [6.07, 6.45) is 1.68. The van der Waals surface area contributed by atoms with Crippen molar-refractivity contribution >= 4 is 41.5 Å². The zero-order valence-corrected chi connectivity index (χ0v) is 15.6. The highest BCUT2D eigenvalue weighted by atomic mass is 35.5. The Morgan fingerprint density at radius 2 is 1.96 bits per heavy atom. The predicted molar refractivity (Wildman–Crippen MR) is 100 cm³/mol. The summed E-state index contributed by atoms with van der Waals surface area (Å²) < 4.78 is 1.59. The molecule has 0 saturated heterocycles. The minimum atomic E-state index is -0.162. The van der Waals surface area contributed by atoms with Crippen LogP contribution in [0.25, 0.3) is 0 Å². The van der Waals surface area contributed by atoms with Crippen molar-refractivity contribution in [1.82, 2.24) is 9.88 Å². The maximum absolute atomic E-state index is 12.4. The SMILES string of the molecule is Cl.Cn1c(C(=O)NC2CC(CN)(c3ccccc3)C2)cc(Cl)c1Cl. The van der Waals surface area contributed by atoms with E-state index < -0.39 is 0 Å². The first-order valence-corrected chi connectivity index (χ1v) is 8.29. The number of carbonyl (C=O) groups excluding carboxylic acids is 1. The van der Waals surface area contributed by atoms with E-state index in [0.717, 1.165) is 12.8 Å². The second-order valence-electron chi connectivity index (χ2n) is 6.16. The summed E-state index contributed by atoms with van der Waals surface area (Å²) >= 11 is 12.0. The van der Waals surface area contributed by atoms with E-state index in [2.05, 4.69) is 17.4 Å². The van der Waals surface area contributed by atoms with Gasteiger partial charge in [0.05, 0.1) is 5.02 Å². The molecule has 3 N–H and O–H groups in total. The Morgan fingerprint density at radius 1 is 1.33 bits per heavy atom. The van der Waals surface area contributed by atoms with Crippen LogP contribution >= 0.6 is 35.6 Å². The lowest BCUT2D eigenvalue weighted by Crippen LogP contribution is -2.56. The Morgan fingerprint density at radius 3 is 2.46 bits per heavy atom. The fraction of sp³-hybridized carbons (Fsp3) is 0.353. The van der Waals surface area contributed by atoms with E-state index in [9.17, 15) is 4.79 Å². The second kappa shape index (κ2) is 7.36. The van der Waals surface area contributed by atoms with Crippen molar-refractivity contribution in [3.05, 3.63) is 57.8 Å². The molecule has 0 spiro atoms. The molecule has 0 bridgehead atoms. The zero-order chi connectivity index (χ0) is 16.6. The molecule has 2 aromatic rings. The molecule has 7 heteroatoms. The molecule has 1 aliphatic rings. The largest absolute Gasteiger partial charge is 0.348 e. The van der Waals surface area contributed by atoms with Gasteiger partial charge in [-0.25, -0.2) is 0 Å². The maximum Gasteiger partial charge on any atom is 0.268 e. The number of nitrogens with two attached hydrogens (primary N) is 1. The van der Waals surface area contributed by atoms with Crippen molar-refractivity contribution in [2.45, 2.75) is 24.3 Å². The quantitative estimate of drug-likeness (QED) is 0.841. The monoisotopic (exact) mass is 387 g/mol. The fourth-order valence-corrected chi connectivity index (χ4v) is 3.69. The van der Waals surface area contributed by atoms with Gasteiger partial charge in [0.15, 0.2) is 0 Å². The van der Waals surface area contributed by atoms with Crippen LogP contribution in [0.4, 0.5) is 0 Å². The van der Waals surface area contributed by atoms with E-state index in [1.54, 1.807) is 17.7 Å². The molecular weight excluding hydrogens is 369 g/mol. The fourth-order valence-electron chi connectivity index (χ4n) is 3.32. The summed E-state index contributed by atoms with van der Waals surface area (Å²) in [6.45, 7) is 0.575. The summed E-state index contributed by atoms with van der Waals surface area (Å²) in [5.74, 6) is -0.162. The molecule has 1 aromatic carbocycles. The van der Waals surface area contributed by atoms with Crippen LogP contribution in [0.5, 0.6) is 0 Å². The molecule has 0 radical (unpaired) electrons. The van der Waals surface area contributed by atoms with Crippen molar-refractivity contribution in [3.63, 3.8) is 0 Å². The summed E-state index contributed by atoms with van der Waals surface area (Å²) in [6, 6.07) is 11.9. The molecule has 0 unspecified atom stereocenters. The van der Waals surface area contributed by atoms with Crippen molar-refractivity contribution < 1.29 is 4.79 Å². The number of benzene rings is 1. The van der Waals surface area contributed by atoms with Crippen molar-refractivity contribution in [2.24, 2.45) is 12.8 Å².